The summed E-state index contributed by atoms with van der Waals surface area (Å²) in [4.78, 5) is 24.1. The smallest absolute Gasteiger partial charge is 0.408 e. The van der Waals surface area contributed by atoms with Crippen LogP contribution in [0, 0.1) is 11.8 Å². The van der Waals surface area contributed by atoms with E-state index in [0.29, 0.717) is 13.0 Å². The molecule has 170 valence electrons. The number of epoxide rings is 2. The van der Waals surface area contributed by atoms with Gasteiger partial charge in [0.25, 0.3) is 0 Å². The molecule has 7 atom stereocenters. The van der Waals surface area contributed by atoms with Crippen molar-refractivity contribution in [2.75, 3.05) is 13.7 Å². The van der Waals surface area contributed by atoms with Crippen LogP contribution in [0.15, 0.2) is 11.6 Å². The van der Waals surface area contributed by atoms with E-state index in [1.165, 1.54) is 5.57 Å². The Morgan fingerprint density at radius 3 is 2.50 bits per heavy atom. The van der Waals surface area contributed by atoms with Gasteiger partial charge in [0.2, 0.25) is 5.91 Å². The molecule has 1 saturated carbocycles. The van der Waals surface area contributed by atoms with E-state index in [2.05, 4.69) is 32.2 Å². The first kappa shape index (κ1) is 23.0. The average molecular weight is 425 g/mol. The third-order valence-corrected chi connectivity index (χ3v) is 6.74. The van der Waals surface area contributed by atoms with Gasteiger partial charge in [0.1, 0.15) is 29.5 Å². The summed E-state index contributed by atoms with van der Waals surface area (Å²) in [6.07, 6.45) is 3.02. The molecule has 1 aliphatic carbocycles. The second kappa shape index (κ2) is 8.48. The molecule has 2 heterocycles. The largest absolute Gasteiger partial charge is 0.443 e. The Morgan fingerprint density at radius 1 is 1.33 bits per heavy atom. The third-order valence-electron chi connectivity index (χ3n) is 6.74. The lowest BCUT2D eigenvalue weighted by molar-refractivity contribution is -0.123. The predicted molar refractivity (Wildman–Crippen MR) is 111 cm³/mol. The fraction of sp³-hybridized carbons (Fsp3) is 0.818. The minimum absolute atomic E-state index is 0.0471. The van der Waals surface area contributed by atoms with Crippen LogP contribution in [0.5, 0.6) is 0 Å². The van der Waals surface area contributed by atoms with Crippen molar-refractivity contribution in [1.29, 1.82) is 0 Å². The summed E-state index contributed by atoms with van der Waals surface area (Å²) in [6, 6.07) is -0.784. The Kier molecular flexibility index (Phi) is 6.51. The fourth-order valence-corrected chi connectivity index (χ4v) is 4.94. The van der Waals surface area contributed by atoms with Crippen LogP contribution in [0.2, 0.25) is 0 Å². The van der Waals surface area contributed by atoms with Crippen molar-refractivity contribution in [3.8, 4) is 0 Å². The van der Waals surface area contributed by atoms with Gasteiger partial charge in [-0.3, -0.25) is 4.79 Å². The Labute approximate surface area is 178 Å². The summed E-state index contributed by atoms with van der Waals surface area (Å²) in [5.41, 5.74) is 5.98. The third kappa shape index (κ3) is 4.50. The Morgan fingerprint density at radius 2 is 2.00 bits per heavy atom. The Bertz CT molecular complexity index is 700. The number of rotatable bonds is 8. The van der Waals surface area contributed by atoms with E-state index < -0.39 is 29.7 Å². The number of hydrogen-bond acceptors (Lipinski definition) is 6. The minimum Gasteiger partial charge on any atom is -0.443 e. The molecule has 1 spiro atoms. The molecule has 0 aromatic heterocycles. The number of carbonyl (C=O) groups is 2. The van der Waals surface area contributed by atoms with Crippen molar-refractivity contribution < 1.29 is 28.5 Å². The maximum absolute atomic E-state index is 12.5. The molecule has 0 bridgehead atoms. The zero-order valence-corrected chi connectivity index (χ0v) is 18.9. The molecule has 2 saturated heterocycles. The van der Waals surface area contributed by atoms with Crippen LogP contribution in [0.1, 0.15) is 53.9 Å². The summed E-state index contributed by atoms with van der Waals surface area (Å²) >= 11 is 0. The highest BCUT2D eigenvalue weighted by Gasteiger charge is 2.72. The maximum atomic E-state index is 12.5. The highest BCUT2D eigenvalue weighted by atomic mass is 16.6. The van der Waals surface area contributed by atoms with E-state index in [-0.39, 0.29) is 29.6 Å². The van der Waals surface area contributed by atoms with Gasteiger partial charge < -0.3 is 30.0 Å². The van der Waals surface area contributed by atoms with Crippen molar-refractivity contribution in [1.82, 2.24) is 5.32 Å². The number of ether oxygens (including phenoxy) is 4. The number of amides is 2. The van der Waals surface area contributed by atoms with Gasteiger partial charge >= 0.3 is 6.09 Å². The Hall–Kier alpha value is -1.64. The fourth-order valence-electron chi connectivity index (χ4n) is 4.94. The molecule has 3 aliphatic rings. The molecule has 3 rings (SSSR count). The SMILES string of the molecule is CO[C@@H]1[C@H](OC(=O)N[C@@H](C(N)=O)C(C)C)CC[C@]2(CO2)[C@H]1[C@@]1(C)O[C@@H]1CC=C(C)C. The second-order valence-electron chi connectivity index (χ2n) is 9.59. The van der Waals surface area contributed by atoms with Gasteiger partial charge in [0.05, 0.1) is 18.6 Å². The molecule has 2 amide bonds. The number of allylic oxidation sites excluding steroid dienone is 1. The molecule has 0 unspecified atom stereocenters. The number of nitrogens with one attached hydrogen (secondary N) is 1. The number of carbonyl (C=O) groups excluding carboxylic acids is 2. The van der Waals surface area contributed by atoms with Gasteiger partial charge in [-0.15, -0.1) is 0 Å². The lowest BCUT2D eigenvalue weighted by atomic mass is 9.68. The summed E-state index contributed by atoms with van der Waals surface area (Å²) in [5.74, 6) is -0.766. The molecule has 0 aromatic carbocycles. The van der Waals surface area contributed by atoms with Crippen molar-refractivity contribution >= 4 is 12.0 Å². The normalized spacial score (nSPS) is 38.1. The van der Waals surface area contributed by atoms with Crippen LogP contribution in [0.3, 0.4) is 0 Å². The van der Waals surface area contributed by atoms with E-state index in [1.807, 2.05) is 13.8 Å². The van der Waals surface area contributed by atoms with Crippen molar-refractivity contribution in [2.45, 2.75) is 89.4 Å². The lowest BCUT2D eigenvalue weighted by Gasteiger charge is -2.42. The second-order valence-corrected chi connectivity index (χ2v) is 9.59. The molecule has 3 fully saturated rings. The Balaban J connectivity index is 1.71. The molecular formula is C22H36N2O6. The van der Waals surface area contributed by atoms with Crippen LogP contribution in [0.4, 0.5) is 4.79 Å². The molecular weight excluding hydrogens is 388 g/mol. The van der Waals surface area contributed by atoms with Gasteiger partial charge in [0, 0.05) is 7.11 Å². The van der Waals surface area contributed by atoms with Crippen LogP contribution >= 0.6 is 0 Å². The minimum atomic E-state index is -0.784. The highest BCUT2D eigenvalue weighted by molar-refractivity contribution is 5.84. The number of hydrogen-bond donors (Lipinski definition) is 2. The first-order chi connectivity index (χ1) is 14.0. The van der Waals surface area contributed by atoms with E-state index in [0.717, 1.165) is 12.8 Å². The number of nitrogens with two attached hydrogens (primary N) is 1. The highest BCUT2D eigenvalue weighted by Crippen LogP contribution is 2.59. The summed E-state index contributed by atoms with van der Waals surface area (Å²) in [7, 11) is 1.63. The number of methoxy groups -OCH3 is 1. The van der Waals surface area contributed by atoms with Gasteiger partial charge in [-0.2, -0.15) is 0 Å². The zero-order chi connectivity index (χ0) is 22.3. The van der Waals surface area contributed by atoms with Crippen LogP contribution in [0.25, 0.3) is 0 Å². The quantitative estimate of drug-likeness (QED) is 0.456. The van der Waals surface area contributed by atoms with Crippen molar-refractivity contribution in [2.24, 2.45) is 17.6 Å². The lowest BCUT2D eigenvalue weighted by Crippen LogP contribution is -2.57. The molecule has 0 radical (unpaired) electrons. The summed E-state index contributed by atoms with van der Waals surface area (Å²) < 4.78 is 23.7. The van der Waals surface area contributed by atoms with E-state index in [9.17, 15) is 9.59 Å². The van der Waals surface area contributed by atoms with Gasteiger partial charge in [-0.05, 0) is 46.0 Å². The molecule has 3 N–H and O–H groups in total. The number of primary amides is 1. The summed E-state index contributed by atoms with van der Waals surface area (Å²) in [6.45, 7) is 10.5. The molecule has 8 heteroatoms. The number of alkyl carbamates (subject to hydrolysis) is 1. The summed E-state index contributed by atoms with van der Waals surface area (Å²) in [5, 5.41) is 2.59. The maximum Gasteiger partial charge on any atom is 0.408 e. The van der Waals surface area contributed by atoms with E-state index in [1.54, 1.807) is 7.11 Å². The standard InChI is InChI=1S/C22H36N2O6/c1-12(2)7-8-15-21(5,30-15)18-17(27-6)14(9-10-22(18)11-28-22)29-20(26)24-16(13(3)4)19(23)25/h7,13-18H,8-11H2,1-6H3,(H2,23,25)(H,24,26)/t14-,15-,16-,17-,18-,21+,22+/m1/s1. The van der Waals surface area contributed by atoms with E-state index >= 15 is 0 Å². The van der Waals surface area contributed by atoms with Gasteiger partial charge in [0.15, 0.2) is 0 Å². The van der Waals surface area contributed by atoms with Crippen LogP contribution < -0.4 is 11.1 Å². The molecule has 8 nitrogen and oxygen atoms in total. The van der Waals surface area contributed by atoms with Gasteiger partial charge in [-0.1, -0.05) is 25.5 Å². The zero-order valence-electron chi connectivity index (χ0n) is 18.9. The topological polar surface area (TPSA) is 116 Å². The predicted octanol–water partition coefficient (Wildman–Crippen LogP) is 2.30. The average Bonchev–Trinajstić information content (AvgIpc) is 3.56. The van der Waals surface area contributed by atoms with E-state index in [4.69, 9.17) is 24.7 Å². The monoisotopic (exact) mass is 424 g/mol. The van der Waals surface area contributed by atoms with Gasteiger partial charge in [-0.25, -0.2) is 4.79 Å². The van der Waals surface area contributed by atoms with Crippen molar-refractivity contribution in [3.05, 3.63) is 11.6 Å². The first-order valence-corrected chi connectivity index (χ1v) is 10.8. The van der Waals surface area contributed by atoms with Crippen LogP contribution in [-0.2, 0) is 23.7 Å². The first-order valence-electron chi connectivity index (χ1n) is 10.8. The van der Waals surface area contributed by atoms with Crippen molar-refractivity contribution in [3.63, 3.8) is 0 Å². The molecule has 2 aliphatic heterocycles. The van der Waals surface area contributed by atoms with Crippen LogP contribution in [-0.4, -0.2) is 61.3 Å². The molecule has 0 aromatic rings. The molecule has 30 heavy (non-hydrogen) atoms.